The molecule has 1 unspecified atom stereocenters. The Kier molecular flexibility index (Phi) is 17.9. The Balaban J connectivity index is 1.31. The summed E-state index contributed by atoms with van der Waals surface area (Å²) in [6, 6.07) is 7.53. The van der Waals surface area contributed by atoms with Crippen molar-refractivity contribution in [1.82, 2.24) is 10.6 Å². The Labute approximate surface area is 224 Å². The number of carboxylic acid groups (broad SMARTS) is 1. The van der Waals surface area contributed by atoms with Gasteiger partial charge in [0.1, 0.15) is 18.4 Å². The average Bonchev–Trinajstić information content (AvgIpc) is 3.39. The van der Waals surface area contributed by atoms with Crippen LogP contribution in [0.5, 0.6) is 5.75 Å². The minimum atomic E-state index is -0.781. The first-order valence-electron chi connectivity index (χ1n) is 14.7. The summed E-state index contributed by atoms with van der Waals surface area (Å²) in [5.74, 6) is 0.682. The third kappa shape index (κ3) is 14.5. The van der Waals surface area contributed by atoms with Crippen LogP contribution < -0.4 is 15.4 Å². The number of aliphatic carboxylic acids is 1. The Morgan fingerprint density at radius 3 is 1.89 bits per heavy atom. The summed E-state index contributed by atoms with van der Waals surface area (Å²) in [7, 11) is 0. The van der Waals surface area contributed by atoms with Crippen molar-refractivity contribution in [2.45, 2.75) is 121 Å². The van der Waals surface area contributed by atoms with Gasteiger partial charge in [-0.05, 0) is 30.7 Å². The molecule has 0 aromatic heterocycles. The van der Waals surface area contributed by atoms with Gasteiger partial charge in [-0.1, -0.05) is 115 Å². The molecule has 3 N–H and O–H groups in total. The highest BCUT2D eigenvalue weighted by molar-refractivity contribution is 7.99. The molecule has 1 fully saturated rings. The lowest BCUT2D eigenvalue weighted by Crippen LogP contribution is -2.33. The molecule has 36 heavy (non-hydrogen) atoms. The maximum absolute atomic E-state index is 11.1. The number of rotatable bonds is 23. The first kappa shape index (κ1) is 31.0. The number of ether oxygens (including phenoxy) is 1. The second-order valence-corrected chi connectivity index (χ2v) is 11.4. The number of carboxylic acids is 1. The molecule has 2 rings (SSSR count). The van der Waals surface area contributed by atoms with Gasteiger partial charge in [0.15, 0.2) is 0 Å². The fourth-order valence-electron chi connectivity index (χ4n) is 4.71. The Morgan fingerprint density at radius 1 is 0.861 bits per heavy atom. The molecule has 0 bridgehead atoms. The average molecular weight is 521 g/mol. The molecule has 0 saturated carbocycles. The van der Waals surface area contributed by atoms with Crippen molar-refractivity contribution in [1.29, 1.82) is 0 Å². The molecule has 1 aromatic rings. The van der Waals surface area contributed by atoms with Gasteiger partial charge >= 0.3 is 5.97 Å². The normalized spacial score (nSPS) is 17.5. The lowest BCUT2D eigenvalue weighted by molar-refractivity contribution is -0.138. The van der Waals surface area contributed by atoms with E-state index in [-0.39, 0.29) is 5.37 Å². The summed E-state index contributed by atoms with van der Waals surface area (Å²) in [4.78, 5) is 11.1. The molecule has 1 aliphatic rings. The van der Waals surface area contributed by atoms with Gasteiger partial charge in [-0.2, -0.15) is 0 Å². The van der Waals surface area contributed by atoms with Gasteiger partial charge in [-0.3, -0.25) is 10.1 Å². The third-order valence-electron chi connectivity index (χ3n) is 7.02. The van der Waals surface area contributed by atoms with Crippen LogP contribution in [-0.4, -0.2) is 42.6 Å². The minimum Gasteiger partial charge on any atom is -0.492 e. The van der Waals surface area contributed by atoms with E-state index >= 15 is 0 Å². The minimum absolute atomic E-state index is 0.0431. The lowest BCUT2D eigenvalue weighted by Gasteiger charge is -2.12. The maximum Gasteiger partial charge on any atom is 0.321 e. The van der Waals surface area contributed by atoms with E-state index in [0.717, 1.165) is 24.4 Å². The lowest BCUT2D eigenvalue weighted by atomic mass is 10.0. The SMILES string of the molecule is CCCCCCCCCCCCCCCCCCNCCOc1ccc(C2N[C@H](C(=O)O)CS2)cc1. The zero-order chi connectivity index (χ0) is 25.7. The molecule has 206 valence electrons. The number of hydrogen-bond acceptors (Lipinski definition) is 5. The highest BCUT2D eigenvalue weighted by Crippen LogP contribution is 2.33. The van der Waals surface area contributed by atoms with Crippen molar-refractivity contribution in [3.63, 3.8) is 0 Å². The number of unbranched alkanes of at least 4 members (excludes halogenated alkanes) is 15. The van der Waals surface area contributed by atoms with Crippen LogP contribution in [0.4, 0.5) is 0 Å². The molecule has 0 spiro atoms. The summed E-state index contributed by atoms with van der Waals surface area (Å²) in [5, 5.41) is 15.8. The molecule has 1 aliphatic heterocycles. The van der Waals surface area contributed by atoms with Gasteiger partial charge < -0.3 is 15.2 Å². The van der Waals surface area contributed by atoms with Crippen LogP contribution >= 0.6 is 11.8 Å². The highest BCUT2D eigenvalue weighted by atomic mass is 32.2. The molecule has 0 aliphatic carbocycles. The van der Waals surface area contributed by atoms with E-state index in [4.69, 9.17) is 9.84 Å². The van der Waals surface area contributed by atoms with E-state index < -0.39 is 12.0 Å². The molecule has 1 heterocycles. The van der Waals surface area contributed by atoms with Crippen molar-refractivity contribution in [3.8, 4) is 5.75 Å². The summed E-state index contributed by atoms with van der Waals surface area (Å²) in [6.45, 7) is 4.88. The predicted molar refractivity (Wildman–Crippen MR) is 154 cm³/mol. The Morgan fingerprint density at radius 2 is 1.39 bits per heavy atom. The van der Waals surface area contributed by atoms with E-state index in [9.17, 15) is 4.79 Å². The van der Waals surface area contributed by atoms with Crippen molar-refractivity contribution in [3.05, 3.63) is 29.8 Å². The standard InChI is InChI=1S/C30H52N2O3S/c1-2-3-4-5-6-7-8-9-10-11-12-13-14-15-16-17-22-31-23-24-35-27-20-18-26(19-21-27)29-32-28(25-36-29)30(33)34/h18-21,28-29,31-32H,2-17,22-25H2,1H3,(H,33,34)/t28-,29?/m0/s1. The van der Waals surface area contributed by atoms with E-state index in [0.29, 0.717) is 12.4 Å². The highest BCUT2D eigenvalue weighted by Gasteiger charge is 2.30. The number of thioether (sulfide) groups is 1. The van der Waals surface area contributed by atoms with Gasteiger partial charge in [-0.25, -0.2) is 0 Å². The van der Waals surface area contributed by atoms with Crippen LogP contribution in [0.3, 0.4) is 0 Å². The second kappa shape index (κ2) is 20.8. The van der Waals surface area contributed by atoms with E-state index in [2.05, 4.69) is 17.6 Å². The summed E-state index contributed by atoms with van der Waals surface area (Å²) in [6.07, 6.45) is 22.5. The molecular formula is C30H52N2O3S. The first-order valence-corrected chi connectivity index (χ1v) is 15.8. The molecular weight excluding hydrogens is 468 g/mol. The Bertz CT molecular complexity index is 671. The molecule has 6 heteroatoms. The fourth-order valence-corrected chi connectivity index (χ4v) is 5.94. The molecule has 2 atom stereocenters. The van der Waals surface area contributed by atoms with Gasteiger partial charge in [0.05, 0.1) is 5.37 Å². The number of carbonyl (C=O) groups is 1. The predicted octanol–water partition coefficient (Wildman–Crippen LogP) is 7.70. The topological polar surface area (TPSA) is 70.6 Å². The summed E-state index contributed by atoms with van der Waals surface area (Å²) < 4.78 is 5.83. The van der Waals surface area contributed by atoms with Crippen molar-refractivity contribution >= 4 is 17.7 Å². The number of nitrogens with one attached hydrogen (secondary N) is 2. The maximum atomic E-state index is 11.1. The van der Waals surface area contributed by atoms with Crippen LogP contribution in [0.1, 0.15) is 121 Å². The van der Waals surface area contributed by atoms with Gasteiger partial charge in [0, 0.05) is 12.3 Å². The third-order valence-corrected chi connectivity index (χ3v) is 8.29. The zero-order valence-corrected chi connectivity index (χ0v) is 23.6. The molecule has 0 radical (unpaired) electrons. The van der Waals surface area contributed by atoms with Crippen LogP contribution in [0.15, 0.2) is 24.3 Å². The smallest absolute Gasteiger partial charge is 0.321 e. The summed E-state index contributed by atoms with van der Waals surface area (Å²) in [5.41, 5.74) is 1.10. The van der Waals surface area contributed by atoms with Crippen LogP contribution in [0, 0.1) is 0 Å². The van der Waals surface area contributed by atoms with Crippen molar-refractivity contribution in [2.75, 3.05) is 25.4 Å². The van der Waals surface area contributed by atoms with Gasteiger partial charge in [-0.15, -0.1) is 11.8 Å². The summed E-state index contributed by atoms with van der Waals surface area (Å²) >= 11 is 1.64. The Hall–Kier alpha value is -1.24. The first-order chi connectivity index (χ1) is 17.7. The molecule has 1 aromatic carbocycles. The molecule has 0 amide bonds. The largest absolute Gasteiger partial charge is 0.492 e. The quantitative estimate of drug-likeness (QED) is 0.128. The monoisotopic (exact) mass is 520 g/mol. The fraction of sp³-hybridized carbons (Fsp3) is 0.767. The number of hydrogen-bond donors (Lipinski definition) is 3. The van der Waals surface area contributed by atoms with Gasteiger partial charge in [0.2, 0.25) is 0 Å². The van der Waals surface area contributed by atoms with Crippen molar-refractivity contribution < 1.29 is 14.6 Å². The van der Waals surface area contributed by atoms with Crippen LogP contribution in [0.2, 0.25) is 0 Å². The molecule has 1 saturated heterocycles. The van der Waals surface area contributed by atoms with Gasteiger partial charge in [0.25, 0.3) is 0 Å². The second-order valence-electron chi connectivity index (χ2n) is 10.2. The van der Waals surface area contributed by atoms with Crippen LogP contribution in [-0.2, 0) is 4.79 Å². The molecule has 5 nitrogen and oxygen atoms in total. The zero-order valence-electron chi connectivity index (χ0n) is 22.8. The van der Waals surface area contributed by atoms with E-state index in [1.807, 2.05) is 24.3 Å². The van der Waals surface area contributed by atoms with E-state index in [1.165, 1.54) is 103 Å². The van der Waals surface area contributed by atoms with Crippen LogP contribution in [0.25, 0.3) is 0 Å². The number of benzene rings is 1. The van der Waals surface area contributed by atoms with E-state index in [1.54, 1.807) is 11.8 Å². The van der Waals surface area contributed by atoms with Crippen molar-refractivity contribution in [2.24, 2.45) is 0 Å².